The molecule has 1 aromatic carbocycles. The van der Waals surface area contributed by atoms with Crippen LogP contribution in [0.4, 0.5) is 4.39 Å². The molecule has 0 saturated carbocycles. The second-order valence-electron chi connectivity index (χ2n) is 8.93. The molecule has 2 aromatic heterocycles. The monoisotopic (exact) mass is 481 g/mol. The van der Waals surface area contributed by atoms with E-state index in [9.17, 15) is 14.0 Å². The van der Waals surface area contributed by atoms with Crippen LogP contribution < -0.4 is 0 Å². The summed E-state index contributed by atoms with van der Waals surface area (Å²) in [4.78, 5) is 35.4. The largest absolute Gasteiger partial charge is 0.342 e. The van der Waals surface area contributed by atoms with Gasteiger partial charge in [0, 0.05) is 32.1 Å². The molecule has 0 N–H and O–H groups in total. The van der Waals surface area contributed by atoms with Gasteiger partial charge in [0.2, 0.25) is 11.7 Å². The molecule has 9 heteroatoms. The number of nitrogens with zero attached hydrogens (tertiary/aromatic N) is 5. The molecule has 0 spiro atoms. The summed E-state index contributed by atoms with van der Waals surface area (Å²) in [6, 6.07) is 9.90. The Morgan fingerprint density at radius 1 is 0.941 bits per heavy atom. The summed E-state index contributed by atoms with van der Waals surface area (Å²) in [5.74, 6) is 0.173. The Bertz CT molecular complexity index is 1150. The molecular weight excluding hydrogens is 453 g/mol. The SMILES string of the molecule is O=C(c1nc(-c2cccs2)n(-c2cccc(F)c2)n1)N1CCC(C(=O)N2CCCCCC2)CC1. The highest BCUT2D eigenvalue weighted by atomic mass is 32.1. The van der Waals surface area contributed by atoms with Crippen molar-refractivity contribution in [3.63, 3.8) is 0 Å². The summed E-state index contributed by atoms with van der Waals surface area (Å²) in [5, 5.41) is 6.39. The van der Waals surface area contributed by atoms with Crippen LogP contribution in [-0.4, -0.2) is 62.6 Å². The Morgan fingerprint density at radius 2 is 1.71 bits per heavy atom. The predicted octanol–water partition coefficient (Wildman–Crippen LogP) is 4.39. The van der Waals surface area contributed by atoms with Gasteiger partial charge in [0.1, 0.15) is 5.82 Å². The van der Waals surface area contributed by atoms with E-state index in [0.717, 1.165) is 30.8 Å². The van der Waals surface area contributed by atoms with Crippen LogP contribution in [0.3, 0.4) is 0 Å². The summed E-state index contributed by atoms with van der Waals surface area (Å²) in [7, 11) is 0. The third-order valence-electron chi connectivity index (χ3n) is 6.64. The maximum Gasteiger partial charge on any atom is 0.293 e. The number of amides is 2. The Labute approximate surface area is 202 Å². The number of likely N-dealkylation sites (tertiary alicyclic amines) is 2. The van der Waals surface area contributed by atoms with Gasteiger partial charge in [-0.25, -0.2) is 14.1 Å². The highest BCUT2D eigenvalue weighted by molar-refractivity contribution is 7.13. The van der Waals surface area contributed by atoms with E-state index in [2.05, 4.69) is 10.1 Å². The van der Waals surface area contributed by atoms with Crippen molar-refractivity contribution in [2.75, 3.05) is 26.2 Å². The van der Waals surface area contributed by atoms with Crippen molar-refractivity contribution in [3.8, 4) is 16.4 Å². The van der Waals surface area contributed by atoms with E-state index in [0.29, 0.717) is 37.4 Å². The second-order valence-corrected chi connectivity index (χ2v) is 9.88. The van der Waals surface area contributed by atoms with Crippen LogP contribution in [-0.2, 0) is 4.79 Å². The first-order chi connectivity index (χ1) is 16.6. The normalized spacial score (nSPS) is 17.6. The average molecular weight is 482 g/mol. The van der Waals surface area contributed by atoms with E-state index in [1.165, 1.54) is 41.0 Å². The van der Waals surface area contributed by atoms with Gasteiger partial charge in [-0.2, -0.15) is 0 Å². The molecule has 0 radical (unpaired) electrons. The van der Waals surface area contributed by atoms with Crippen LogP contribution >= 0.6 is 11.3 Å². The predicted molar refractivity (Wildman–Crippen MR) is 128 cm³/mol. The lowest BCUT2D eigenvalue weighted by molar-refractivity contribution is -0.136. The molecular formula is C25H28FN5O2S. The number of aromatic nitrogens is 3. The molecule has 0 aliphatic carbocycles. The Balaban J connectivity index is 1.31. The van der Waals surface area contributed by atoms with Crippen LogP contribution in [0, 0.1) is 11.7 Å². The van der Waals surface area contributed by atoms with Gasteiger partial charge >= 0.3 is 0 Å². The Kier molecular flexibility index (Phi) is 6.71. The highest BCUT2D eigenvalue weighted by Crippen LogP contribution is 2.27. The maximum atomic E-state index is 13.9. The van der Waals surface area contributed by atoms with Gasteiger partial charge in [-0.1, -0.05) is 25.0 Å². The highest BCUT2D eigenvalue weighted by Gasteiger charge is 2.32. The zero-order valence-corrected chi connectivity index (χ0v) is 19.8. The average Bonchev–Trinajstić information content (AvgIpc) is 3.47. The summed E-state index contributed by atoms with van der Waals surface area (Å²) >= 11 is 1.48. The fourth-order valence-electron chi connectivity index (χ4n) is 4.78. The standard InChI is InChI=1S/C25H28FN5O2S/c26-19-7-5-8-20(17-19)31-23(21-9-6-16-34-21)27-22(28-31)25(33)30-14-10-18(11-15-30)24(32)29-12-3-1-2-4-13-29/h5-9,16-18H,1-4,10-15H2. The molecule has 0 unspecified atom stereocenters. The van der Waals surface area contributed by atoms with E-state index in [-0.39, 0.29) is 29.4 Å². The topological polar surface area (TPSA) is 71.3 Å². The minimum Gasteiger partial charge on any atom is -0.342 e. The van der Waals surface area contributed by atoms with Gasteiger partial charge in [0.25, 0.3) is 5.91 Å². The number of thiophene rings is 1. The smallest absolute Gasteiger partial charge is 0.293 e. The first kappa shape index (κ1) is 22.7. The van der Waals surface area contributed by atoms with Gasteiger partial charge in [-0.3, -0.25) is 9.59 Å². The molecule has 2 amide bonds. The van der Waals surface area contributed by atoms with Crippen molar-refractivity contribution in [2.45, 2.75) is 38.5 Å². The fourth-order valence-corrected chi connectivity index (χ4v) is 5.47. The third-order valence-corrected chi connectivity index (χ3v) is 7.51. The van der Waals surface area contributed by atoms with E-state index in [1.54, 1.807) is 17.0 Å². The summed E-state index contributed by atoms with van der Waals surface area (Å²) in [6.07, 6.45) is 5.86. The Hall–Kier alpha value is -3.07. The minimum absolute atomic E-state index is 0.0263. The molecule has 178 valence electrons. The summed E-state index contributed by atoms with van der Waals surface area (Å²) in [6.45, 7) is 2.72. The molecule has 0 bridgehead atoms. The second kappa shape index (κ2) is 10.0. The molecule has 2 aliphatic heterocycles. The number of piperidine rings is 1. The fraction of sp³-hybridized carbons (Fsp3) is 0.440. The molecule has 3 aromatic rings. The minimum atomic E-state index is -0.380. The molecule has 34 heavy (non-hydrogen) atoms. The van der Waals surface area contributed by atoms with E-state index < -0.39 is 0 Å². The van der Waals surface area contributed by atoms with E-state index >= 15 is 0 Å². The molecule has 0 atom stereocenters. The van der Waals surface area contributed by atoms with Crippen molar-refractivity contribution in [1.29, 1.82) is 0 Å². The van der Waals surface area contributed by atoms with Crippen LogP contribution in [0.25, 0.3) is 16.4 Å². The lowest BCUT2D eigenvalue weighted by Gasteiger charge is -2.33. The molecule has 2 saturated heterocycles. The number of rotatable bonds is 4. The zero-order chi connectivity index (χ0) is 23.5. The molecule has 4 heterocycles. The molecule has 7 nitrogen and oxygen atoms in total. The number of hydrogen-bond donors (Lipinski definition) is 0. The number of benzene rings is 1. The number of carbonyl (C=O) groups excluding carboxylic acids is 2. The van der Waals surface area contributed by atoms with Crippen molar-refractivity contribution >= 4 is 23.2 Å². The lowest BCUT2D eigenvalue weighted by atomic mass is 9.95. The maximum absolute atomic E-state index is 13.9. The number of hydrogen-bond acceptors (Lipinski definition) is 5. The number of halogens is 1. The van der Waals surface area contributed by atoms with E-state index in [1.807, 2.05) is 22.4 Å². The van der Waals surface area contributed by atoms with E-state index in [4.69, 9.17) is 0 Å². The molecule has 2 fully saturated rings. The zero-order valence-electron chi connectivity index (χ0n) is 19.0. The van der Waals surface area contributed by atoms with Crippen LogP contribution in [0.15, 0.2) is 41.8 Å². The number of carbonyl (C=O) groups is 2. The summed E-state index contributed by atoms with van der Waals surface area (Å²) in [5.41, 5.74) is 0.511. The van der Waals surface area contributed by atoms with Crippen LogP contribution in [0.5, 0.6) is 0 Å². The van der Waals surface area contributed by atoms with Crippen molar-refractivity contribution < 1.29 is 14.0 Å². The van der Waals surface area contributed by atoms with Gasteiger partial charge in [-0.15, -0.1) is 16.4 Å². The quantitative estimate of drug-likeness (QED) is 0.554. The molecule has 2 aliphatic rings. The van der Waals surface area contributed by atoms with Crippen molar-refractivity contribution in [1.82, 2.24) is 24.6 Å². The van der Waals surface area contributed by atoms with Crippen LogP contribution in [0.2, 0.25) is 0 Å². The lowest BCUT2D eigenvalue weighted by Crippen LogP contribution is -2.45. The van der Waals surface area contributed by atoms with Gasteiger partial charge in [0.15, 0.2) is 5.82 Å². The summed E-state index contributed by atoms with van der Waals surface area (Å²) < 4.78 is 15.4. The van der Waals surface area contributed by atoms with Crippen molar-refractivity contribution in [3.05, 3.63) is 53.4 Å². The van der Waals surface area contributed by atoms with Gasteiger partial charge in [-0.05, 0) is 55.3 Å². The van der Waals surface area contributed by atoms with Crippen LogP contribution in [0.1, 0.15) is 49.1 Å². The first-order valence-electron chi connectivity index (χ1n) is 11.9. The first-order valence-corrected chi connectivity index (χ1v) is 12.8. The van der Waals surface area contributed by atoms with Gasteiger partial charge in [0.05, 0.1) is 10.6 Å². The van der Waals surface area contributed by atoms with Crippen molar-refractivity contribution in [2.24, 2.45) is 5.92 Å². The Morgan fingerprint density at radius 3 is 2.38 bits per heavy atom. The molecule has 5 rings (SSSR count). The third kappa shape index (κ3) is 4.75. The van der Waals surface area contributed by atoms with Gasteiger partial charge < -0.3 is 9.80 Å².